The van der Waals surface area contributed by atoms with E-state index in [1.807, 2.05) is 0 Å². The van der Waals surface area contributed by atoms with Gasteiger partial charge in [-0.1, -0.05) is 24.6 Å². The number of hydrogen-bond acceptors (Lipinski definition) is 2. The summed E-state index contributed by atoms with van der Waals surface area (Å²) in [5, 5.41) is 3.00. The number of amides is 1. The Morgan fingerprint density at radius 3 is 2.65 bits per heavy atom. The van der Waals surface area contributed by atoms with Crippen molar-refractivity contribution >= 4 is 5.91 Å². The fraction of sp³-hybridized carbons (Fsp3) is 0.350. The van der Waals surface area contributed by atoms with Crippen molar-refractivity contribution in [2.75, 3.05) is 0 Å². The van der Waals surface area contributed by atoms with Crippen LogP contribution < -0.4 is 10.1 Å². The second kappa shape index (κ2) is 8.25. The van der Waals surface area contributed by atoms with Gasteiger partial charge in [-0.15, -0.1) is 0 Å². The lowest BCUT2D eigenvalue weighted by Crippen LogP contribution is -2.38. The Morgan fingerprint density at radius 2 is 1.92 bits per heavy atom. The Hall–Kier alpha value is -2.50. The van der Waals surface area contributed by atoms with Crippen LogP contribution in [0.1, 0.15) is 35.2 Å². The first-order valence-corrected chi connectivity index (χ1v) is 8.61. The van der Waals surface area contributed by atoms with Crippen LogP contribution in [0.5, 0.6) is 5.75 Å². The summed E-state index contributed by atoms with van der Waals surface area (Å²) < 4.78 is 42.0. The summed E-state index contributed by atoms with van der Waals surface area (Å²) in [5.74, 6) is -0.344. The zero-order chi connectivity index (χ0) is 18.5. The zero-order valence-corrected chi connectivity index (χ0v) is 14.1. The molecule has 2 atom stereocenters. The molecule has 0 heterocycles. The third kappa shape index (κ3) is 4.77. The molecule has 0 spiro atoms. The zero-order valence-electron chi connectivity index (χ0n) is 14.1. The summed E-state index contributed by atoms with van der Waals surface area (Å²) in [7, 11) is 0. The van der Waals surface area contributed by atoms with E-state index in [-0.39, 0.29) is 35.0 Å². The average Bonchev–Trinajstić information content (AvgIpc) is 3.03. The van der Waals surface area contributed by atoms with Crippen molar-refractivity contribution in [3.8, 4) is 5.75 Å². The molecule has 0 saturated heterocycles. The van der Waals surface area contributed by atoms with Crippen molar-refractivity contribution in [2.24, 2.45) is 5.92 Å². The highest BCUT2D eigenvalue weighted by Crippen LogP contribution is 2.29. The van der Waals surface area contributed by atoms with Gasteiger partial charge in [0.2, 0.25) is 0 Å². The van der Waals surface area contributed by atoms with Gasteiger partial charge < -0.3 is 10.1 Å². The van der Waals surface area contributed by atoms with Gasteiger partial charge in [-0.25, -0.2) is 4.39 Å². The minimum atomic E-state index is -2.93. The number of alkyl halides is 2. The quantitative estimate of drug-likeness (QED) is 0.817. The molecule has 1 saturated carbocycles. The molecule has 138 valence electrons. The molecule has 26 heavy (non-hydrogen) atoms. The van der Waals surface area contributed by atoms with E-state index in [2.05, 4.69) is 10.1 Å². The van der Waals surface area contributed by atoms with Gasteiger partial charge in [0.05, 0.1) is 0 Å². The van der Waals surface area contributed by atoms with E-state index in [0.29, 0.717) is 0 Å². The van der Waals surface area contributed by atoms with Crippen molar-refractivity contribution in [1.82, 2.24) is 5.32 Å². The number of benzene rings is 2. The van der Waals surface area contributed by atoms with Crippen LogP contribution in [-0.4, -0.2) is 18.6 Å². The third-order valence-electron chi connectivity index (χ3n) is 4.71. The topological polar surface area (TPSA) is 38.3 Å². The van der Waals surface area contributed by atoms with Crippen LogP contribution in [0.15, 0.2) is 48.5 Å². The molecule has 6 heteroatoms. The summed E-state index contributed by atoms with van der Waals surface area (Å²) in [5.41, 5.74) is 1.32. The first-order valence-electron chi connectivity index (χ1n) is 8.61. The second-order valence-corrected chi connectivity index (χ2v) is 6.51. The lowest BCUT2D eigenvalue weighted by Gasteiger charge is -2.21. The summed E-state index contributed by atoms with van der Waals surface area (Å²) in [6.45, 7) is -2.93. The highest BCUT2D eigenvalue weighted by atomic mass is 19.3. The predicted octanol–water partition coefficient (Wildman–Crippen LogP) is 4.57. The first kappa shape index (κ1) is 18.3. The number of halogens is 3. The molecule has 3 rings (SSSR count). The number of ether oxygens (including phenoxy) is 1. The summed E-state index contributed by atoms with van der Waals surface area (Å²) in [6.07, 6.45) is 3.62. The van der Waals surface area contributed by atoms with Gasteiger partial charge in [0.25, 0.3) is 5.91 Å². The van der Waals surface area contributed by atoms with Crippen LogP contribution in [0.25, 0.3) is 0 Å². The van der Waals surface area contributed by atoms with Crippen LogP contribution in [-0.2, 0) is 6.42 Å². The molecule has 2 aromatic carbocycles. The van der Waals surface area contributed by atoms with Crippen molar-refractivity contribution in [1.29, 1.82) is 0 Å². The Balaban J connectivity index is 1.63. The van der Waals surface area contributed by atoms with Crippen LogP contribution >= 0.6 is 0 Å². The minimum absolute atomic E-state index is 0.00669. The maximum Gasteiger partial charge on any atom is 0.387 e. The smallest absolute Gasteiger partial charge is 0.387 e. The summed E-state index contributed by atoms with van der Waals surface area (Å²) in [4.78, 5) is 12.5. The lowest BCUT2D eigenvalue weighted by molar-refractivity contribution is -0.0498. The van der Waals surface area contributed by atoms with Gasteiger partial charge >= 0.3 is 6.61 Å². The monoisotopic (exact) mass is 363 g/mol. The van der Waals surface area contributed by atoms with Gasteiger partial charge in [0, 0.05) is 11.6 Å². The van der Waals surface area contributed by atoms with E-state index in [0.717, 1.165) is 31.2 Å². The molecule has 0 bridgehead atoms. The van der Waals surface area contributed by atoms with E-state index in [9.17, 15) is 18.0 Å². The van der Waals surface area contributed by atoms with Gasteiger partial charge in [0.1, 0.15) is 11.6 Å². The predicted molar refractivity (Wildman–Crippen MR) is 91.8 cm³/mol. The Morgan fingerprint density at radius 1 is 1.15 bits per heavy atom. The molecule has 3 nitrogen and oxygen atoms in total. The van der Waals surface area contributed by atoms with Gasteiger partial charge in [-0.3, -0.25) is 4.79 Å². The number of rotatable bonds is 6. The molecule has 1 N–H and O–H groups in total. The van der Waals surface area contributed by atoms with E-state index in [1.54, 1.807) is 18.2 Å². The van der Waals surface area contributed by atoms with Crippen LogP contribution in [0, 0.1) is 11.7 Å². The molecule has 1 amide bonds. The van der Waals surface area contributed by atoms with Crippen molar-refractivity contribution < 1.29 is 22.7 Å². The van der Waals surface area contributed by atoms with E-state index in [1.165, 1.54) is 30.3 Å². The fourth-order valence-electron chi connectivity index (χ4n) is 3.46. The Kier molecular flexibility index (Phi) is 5.81. The summed E-state index contributed by atoms with van der Waals surface area (Å²) in [6, 6.07) is 12.2. The lowest BCUT2D eigenvalue weighted by atomic mass is 9.94. The minimum Gasteiger partial charge on any atom is -0.435 e. The van der Waals surface area contributed by atoms with Crippen molar-refractivity contribution in [3.63, 3.8) is 0 Å². The van der Waals surface area contributed by atoms with E-state index < -0.39 is 6.61 Å². The van der Waals surface area contributed by atoms with Crippen LogP contribution in [0.2, 0.25) is 0 Å². The van der Waals surface area contributed by atoms with Crippen molar-refractivity contribution in [2.45, 2.75) is 38.3 Å². The highest BCUT2D eigenvalue weighted by Gasteiger charge is 2.29. The first-order chi connectivity index (χ1) is 12.5. The second-order valence-electron chi connectivity index (χ2n) is 6.51. The Labute approximate surface area is 150 Å². The molecule has 1 fully saturated rings. The van der Waals surface area contributed by atoms with Crippen molar-refractivity contribution in [3.05, 3.63) is 65.5 Å². The molecule has 0 aromatic heterocycles. The van der Waals surface area contributed by atoms with Crippen LogP contribution in [0.3, 0.4) is 0 Å². The van der Waals surface area contributed by atoms with Gasteiger partial charge in [-0.2, -0.15) is 8.78 Å². The fourth-order valence-corrected chi connectivity index (χ4v) is 3.46. The largest absolute Gasteiger partial charge is 0.435 e. The molecule has 0 aliphatic heterocycles. The van der Waals surface area contributed by atoms with Gasteiger partial charge in [-0.05, 0) is 61.1 Å². The molecule has 0 radical (unpaired) electrons. The maximum absolute atomic E-state index is 13.0. The Bertz CT molecular complexity index is 749. The molecule has 1 aliphatic carbocycles. The SMILES string of the molecule is O=C(N[C@H]1CCC[C@H]1Cc1ccc(F)cc1)c1cccc(OC(F)F)c1. The maximum atomic E-state index is 13.0. The summed E-state index contributed by atoms with van der Waals surface area (Å²) >= 11 is 0. The normalized spacial score (nSPS) is 19.5. The standard InChI is InChI=1S/C20H20F3NO2/c21-16-9-7-13(8-10-16)11-14-3-2-6-18(14)24-19(25)15-4-1-5-17(12-15)26-20(22)23/h1,4-5,7-10,12,14,18,20H,2-3,6,11H2,(H,24,25)/t14-,18-/m0/s1. The van der Waals surface area contributed by atoms with E-state index >= 15 is 0 Å². The number of hydrogen-bond donors (Lipinski definition) is 1. The molecule has 1 aliphatic rings. The third-order valence-corrected chi connectivity index (χ3v) is 4.71. The van der Waals surface area contributed by atoms with Gasteiger partial charge in [0.15, 0.2) is 0 Å². The number of carbonyl (C=O) groups is 1. The highest BCUT2D eigenvalue weighted by molar-refractivity contribution is 5.94. The molecule has 0 unspecified atom stereocenters. The molecular weight excluding hydrogens is 343 g/mol. The average molecular weight is 363 g/mol. The van der Waals surface area contributed by atoms with E-state index in [4.69, 9.17) is 0 Å². The van der Waals surface area contributed by atoms with Crippen LogP contribution in [0.4, 0.5) is 13.2 Å². The number of nitrogens with one attached hydrogen (secondary N) is 1. The molecule has 2 aromatic rings. The molecular formula is C20H20F3NO2. The number of carbonyl (C=O) groups excluding carboxylic acids is 1.